The molecule has 0 aliphatic carbocycles. The summed E-state index contributed by atoms with van der Waals surface area (Å²) >= 11 is 3.37. The summed E-state index contributed by atoms with van der Waals surface area (Å²) in [5, 5.41) is 2.82. The van der Waals surface area contributed by atoms with Crippen molar-refractivity contribution in [3.8, 4) is 0 Å². The molecule has 0 spiro atoms. The Bertz CT molecular complexity index is 967. The van der Waals surface area contributed by atoms with Gasteiger partial charge in [-0.3, -0.25) is 14.0 Å². The van der Waals surface area contributed by atoms with E-state index >= 15 is 0 Å². The number of halogens is 1. The average molecular weight is 400 g/mol. The highest BCUT2D eigenvalue weighted by Gasteiger charge is 2.21. The summed E-state index contributed by atoms with van der Waals surface area (Å²) < 4.78 is 2.49. The molecule has 3 heterocycles. The van der Waals surface area contributed by atoms with Crippen molar-refractivity contribution in [3.05, 3.63) is 53.2 Å². The van der Waals surface area contributed by atoms with Gasteiger partial charge < -0.3 is 10.2 Å². The molecule has 1 aliphatic rings. The molecule has 0 unspecified atom stereocenters. The summed E-state index contributed by atoms with van der Waals surface area (Å²) in [7, 11) is 0. The number of benzene rings is 1. The Balaban J connectivity index is 1.55. The third kappa shape index (κ3) is 2.89. The van der Waals surface area contributed by atoms with Crippen LogP contribution in [0, 0.1) is 0 Å². The average Bonchev–Trinajstić information content (AvgIpc) is 3.22. The zero-order valence-corrected chi connectivity index (χ0v) is 14.7. The molecule has 1 saturated heterocycles. The lowest BCUT2D eigenvalue weighted by molar-refractivity contribution is -0.117. The predicted molar refractivity (Wildman–Crippen MR) is 96.7 cm³/mol. The SMILES string of the molecule is O=C(Nc1ccc(N2CCCC2=O)cc1)c1nccn2c(Br)cnc12. The Morgan fingerprint density at radius 2 is 2.00 bits per heavy atom. The number of nitrogens with zero attached hydrogens (tertiary/aromatic N) is 4. The molecule has 1 fully saturated rings. The van der Waals surface area contributed by atoms with Crippen LogP contribution in [0.25, 0.3) is 5.65 Å². The molecular weight excluding hydrogens is 386 g/mol. The van der Waals surface area contributed by atoms with Crippen LogP contribution < -0.4 is 10.2 Å². The Kier molecular flexibility index (Phi) is 3.96. The molecule has 1 aromatic carbocycles. The molecule has 2 aromatic heterocycles. The van der Waals surface area contributed by atoms with Crippen molar-refractivity contribution in [2.45, 2.75) is 12.8 Å². The van der Waals surface area contributed by atoms with Crippen molar-refractivity contribution >= 4 is 44.8 Å². The standard InChI is InChI=1S/C17H14BrN5O2/c18-13-10-20-16-15(19-7-9-23(13)16)17(25)21-11-3-5-12(6-4-11)22-8-1-2-14(22)24/h3-7,9-10H,1-2,8H2,(H,21,25). The van der Waals surface area contributed by atoms with Crippen LogP contribution in [0.3, 0.4) is 0 Å². The van der Waals surface area contributed by atoms with Crippen LogP contribution in [-0.4, -0.2) is 32.7 Å². The van der Waals surface area contributed by atoms with E-state index in [1.807, 2.05) is 12.1 Å². The van der Waals surface area contributed by atoms with E-state index in [-0.39, 0.29) is 17.5 Å². The van der Waals surface area contributed by atoms with Gasteiger partial charge in [-0.15, -0.1) is 0 Å². The lowest BCUT2D eigenvalue weighted by Crippen LogP contribution is -2.23. The highest BCUT2D eigenvalue weighted by Crippen LogP contribution is 2.23. The molecule has 3 aromatic rings. The molecule has 0 bridgehead atoms. The summed E-state index contributed by atoms with van der Waals surface area (Å²) in [5.74, 6) is -0.203. The van der Waals surface area contributed by atoms with Gasteiger partial charge in [0.1, 0.15) is 4.60 Å². The van der Waals surface area contributed by atoms with Gasteiger partial charge in [0.25, 0.3) is 5.91 Å². The lowest BCUT2D eigenvalue weighted by atomic mass is 10.2. The Morgan fingerprint density at radius 3 is 2.72 bits per heavy atom. The number of anilines is 2. The normalized spacial score (nSPS) is 14.3. The topological polar surface area (TPSA) is 79.6 Å². The maximum absolute atomic E-state index is 12.5. The third-order valence-corrected chi connectivity index (χ3v) is 4.70. The highest BCUT2D eigenvalue weighted by molar-refractivity contribution is 9.10. The molecule has 4 rings (SSSR count). The van der Waals surface area contributed by atoms with Crippen molar-refractivity contribution in [1.82, 2.24) is 14.4 Å². The monoisotopic (exact) mass is 399 g/mol. The largest absolute Gasteiger partial charge is 0.321 e. The molecule has 1 N–H and O–H groups in total. The molecule has 25 heavy (non-hydrogen) atoms. The quantitative estimate of drug-likeness (QED) is 0.734. The molecule has 1 aliphatic heterocycles. The van der Waals surface area contributed by atoms with Gasteiger partial charge in [0.05, 0.1) is 6.20 Å². The van der Waals surface area contributed by atoms with E-state index in [1.54, 1.807) is 40.0 Å². The first-order valence-electron chi connectivity index (χ1n) is 7.83. The number of nitrogens with one attached hydrogen (secondary N) is 1. The highest BCUT2D eigenvalue weighted by atomic mass is 79.9. The first-order chi connectivity index (χ1) is 12.1. The van der Waals surface area contributed by atoms with E-state index in [4.69, 9.17) is 0 Å². The first-order valence-corrected chi connectivity index (χ1v) is 8.62. The lowest BCUT2D eigenvalue weighted by Gasteiger charge is -2.16. The minimum atomic E-state index is -0.339. The summed E-state index contributed by atoms with van der Waals surface area (Å²) in [5.41, 5.74) is 2.20. The molecule has 0 saturated carbocycles. The zero-order valence-electron chi connectivity index (χ0n) is 13.1. The van der Waals surface area contributed by atoms with Crippen molar-refractivity contribution in [2.75, 3.05) is 16.8 Å². The minimum Gasteiger partial charge on any atom is -0.321 e. The van der Waals surface area contributed by atoms with Crippen molar-refractivity contribution in [3.63, 3.8) is 0 Å². The summed E-state index contributed by atoms with van der Waals surface area (Å²) in [4.78, 5) is 34.4. The molecule has 0 radical (unpaired) electrons. The van der Waals surface area contributed by atoms with Crippen LogP contribution in [0.4, 0.5) is 11.4 Å². The van der Waals surface area contributed by atoms with Crippen molar-refractivity contribution in [2.24, 2.45) is 0 Å². The Labute approximate surface area is 151 Å². The van der Waals surface area contributed by atoms with Crippen LogP contribution in [0.2, 0.25) is 0 Å². The number of amides is 2. The van der Waals surface area contributed by atoms with Crippen molar-refractivity contribution < 1.29 is 9.59 Å². The number of fused-ring (bicyclic) bond motifs is 1. The zero-order chi connectivity index (χ0) is 17.4. The maximum Gasteiger partial charge on any atom is 0.278 e. The van der Waals surface area contributed by atoms with Crippen LogP contribution in [-0.2, 0) is 4.79 Å². The molecule has 0 atom stereocenters. The smallest absolute Gasteiger partial charge is 0.278 e. The van der Waals surface area contributed by atoms with Gasteiger partial charge in [-0.05, 0) is 46.6 Å². The van der Waals surface area contributed by atoms with E-state index in [9.17, 15) is 9.59 Å². The minimum absolute atomic E-state index is 0.137. The molecular formula is C17H14BrN5O2. The van der Waals surface area contributed by atoms with Gasteiger partial charge in [-0.2, -0.15) is 0 Å². The molecule has 2 amide bonds. The molecule has 8 heteroatoms. The van der Waals surface area contributed by atoms with E-state index in [0.717, 1.165) is 23.3 Å². The van der Waals surface area contributed by atoms with Crippen LogP contribution in [0.5, 0.6) is 0 Å². The second-order valence-electron chi connectivity index (χ2n) is 5.70. The second-order valence-corrected chi connectivity index (χ2v) is 6.51. The number of hydrogen-bond acceptors (Lipinski definition) is 4. The first kappa shape index (κ1) is 15.8. The van der Waals surface area contributed by atoms with E-state index in [0.29, 0.717) is 17.8 Å². The molecule has 126 valence electrons. The van der Waals surface area contributed by atoms with Gasteiger partial charge in [-0.25, -0.2) is 9.97 Å². The predicted octanol–water partition coefficient (Wildman–Crippen LogP) is 2.87. The second kappa shape index (κ2) is 6.29. The van der Waals surface area contributed by atoms with Crippen LogP contribution in [0.1, 0.15) is 23.3 Å². The number of carbonyl (C=O) groups excluding carboxylic acids is 2. The van der Waals surface area contributed by atoms with Gasteiger partial charge in [0, 0.05) is 36.7 Å². The fourth-order valence-corrected chi connectivity index (χ4v) is 3.27. The summed E-state index contributed by atoms with van der Waals surface area (Å²) in [6, 6.07) is 7.22. The van der Waals surface area contributed by atoms with E-state index in [2.05, 4.69) is 31.2 Å². The van der Waals surface area contributed by atoms with Crippen LogP contribution in [0.15, 0.2) is 47.5 Å². The molecule has 7 nitrogen and oxygen atoms in total. The third-order valence-electron chi connectivity index (χ3n) is 4.11. The summed E-state index contributed by atoms with van der Waals surface area (Å²) in [6.07, 6.45) is 6.37. The number of imidazole rings is 1. The number of hydrogen-bond donors (Lipinski definition) is 1. The Hall–Kier alpha value is -2.74. The van der Waals surface area contributed by atoms with Gasteiger partial charge in [0.15, 0.2) is 11.3 Å². The fraction of sp³-hybridized carbons (Fsp3) is 0.176. The fourth-order valence-electron chi connectivity index (χ4n) is 2.89. The summed E-state index contributed by atoms with van der Waals surface area (Å²) in [6.45, 7) is 0.741. The van der Waals surface area contributed by atoms with E-state index < -0.39 is 0 Å². The van der Waals surface area contributed by atoms with Crippen molar-refractivity contribution in [1.29, 1.82) is 0 Å². The Morgan fingerprint density at radius 1 is 1.20 bits per heavy atom. The van der Waals surface area contributed by atoms with Gasteiger partial charge >= 0.3 is 0 Å². The van der Waals surface area contributed by atoms with Gasteiger partial charge in [0.2, 0.25) is 5.91 Å². The number of carbonyl (C=O) groups is 2. The number of aromatic nitrogens is 3. The number of rotatable bonds is 3. The maximum atomic E-state index is 12.5. The van der Waals surface area contributed by atoms with E-state index in [1.165, 1.54) is 0 Å². The van der Waals surface area contributed by atoms with Crippen LogP contribution >= 0.6 is 15.9 Å². The van der Waals surface area contributed by atoms with Gasteiger partial charge in [-0.1, -0.05) is 0 Å².